The van der Waals surface area contributed by atoms with Gasteiger partial charge in [-0.3, -0.25) is 9.59 Å². The number of amides is 2. The van der Waals surface area contributed by atoms with Crippen LogP contribution in [0.5, 0.6) is 5.75 Å². The third-order valence-corrected chi connectivity index (χ3v) is 7.90. The van der Waals surface area contributed by atoms with Gasteiger partial charge in [-0.15, -0.1) is 11.3 Å². The number of rotatable bonds is 7. The van der Waals surface area contributed by atoms with E-state index >= 15 is 0 Å². The molecule has 0 saturated carbocycles. The topological polar surface area (TPSA) is 72.0 Å². The van der Waals surface area contributed by atoms with Crippen molar-refractivity contribution >= 4 is 23.2 Å². The first-order valence-corrected chi connectivity index (χ1v) is 14.2. The van der Waals surface area contributed by atoms with Gasteiger partial charge in [-0.1, -0.05) is 49.7 Å². The van der Waals surface area contributed by atoms with E-state index in [2.05, 4.69) is 62.2 Å². The molecule has 0 unspecified atom stereocenters. The van der Waals surface area contributed by atoms with Gasteiger partial charge in [0.05, 0.1) is 19.3 Å². The zero-order valence-corrected chi connectivity index (χ0v) is 23.1. The van der Waals surface area contributed by atoms with E-state index in [1.807, 2.05) is 11.0 Å². The van der Waals surface area contributed by atoms with Crippen LogP contribution in [0.3, 0.4) is 0 Å². The molecule has 1 saturated heterocycles. The van der Waals surface area contributed by atoms with E-state index in [1.54, 1.807) is 10.3 Å². The summed E-state index contributed by atoms with van der Waals surface area (Å²) < 4.78 is 11.5. The lowest BCUT2D eigenvalue weighted by Crippen LogP contribution is -2.41. The average molecular weight is 534 g/mol. The fourth-order valence-electron chi connectivity index (χ4n) is 5.08. The summed E-state index contributed by atoms with van der Waals surface area (Å²) in [5.74, 6) is 1.16. The first-order chi connectivity index (χ1) is 18.4. The average Bonchev–Trinajstić information content (AvgIpc) is 3.40. The first kappa shape index (κ1) is 26.4. The van der Waals surface area contributed by atoms with Crippen molar-refractivity contribution in [2.45, 2.75) is 46.3 Å². The van der Waals surface area contributed by atoms with E-state index in [-0.39, 0.29) is 24.5 Å². The molecule has 3 aromatic rings. The fraction of sp³-hybridized carbons (Fsp3) is 0.433. The lowest BCUT2D eigenvalue weighted by Gasteiger charge is -2.38. The molecule has 2 aliphatic heterocycles. The zero-order valence-electron chi connectivity index (χ0n) is 22.3. The van der Waals surface area contributed by atoms with Crippen molar-refractivity contribution in [1.82, 2.24) is 14.8 Å². The van der Waals surface area contributed by atoms with Crippen molar-refractivity contribution in [3.8, 4) is 5.75 Å². The third kappa shape index (κ3) is 5.92. The van der Waals surface area contributed by atoms with Crippen molar-refractivity contribution in [3.63, 3.8) is 0 Å². The highest BCUT2D eigenvalue weighted by Gasteiger charge is 2.32. The Morgan fingerprint density at radius 2 is 1.87 bits per heavy atom. The Morgan fingerprint density at radius 3 is 2.61 bits per heavy atom. The van der Waals surface area contributed by atoms with Gasteiger partial charge in [-0.2, -0.15) is 0 Å². The van der Waals surface area contributed by atoms with Crippen molar-refractivity contribution in [1.29, 1.82) is 0 Å². The summed E-state index contributed by atoms with van der Waals surface area (Å²) in [5, 5.41) is 2.55. The number of carbonyl (C=O) groups is 2. The van der Waals surface area contributed by atoms with Crippen LogP contribution in [0, 0.1) is 12.8 Å². The normalized spacial score (nSPS) is 17.4. The summed E-state index contributed by atoms with van der Waals surface area (Å²) in [6, 6.07) is 14.5. The summed E-state index contributed by atoms with van der Waals surface area (Å²) in [5.41, 5.74) is 5.11. The van der Waals surface area contributed by atoms with Crippen molar-refractivity contribution in [2.75, 3.05) is 32.8 Å². The van der Waals surface area contributed by atoms with Gasteiger partial charge in [0.25, 0.3) is 5.91 Å². The van der Waals surface area contributed by atoms with Crippen LogP contribution in [0.2, 0.25) is 0 Å². The molecule has 1 fully saturated rings. The van der Waals surface area contributed by atoms with Crippen molar-refractivity contribution < 1.29 is 19.1 Å². The molecule has 1 aromatic heterocycles. The number of morpholine rings is 1. The summed E-state index contributed by atoms with van der Waals surface area (Å²) >= 11 is 1.43. The fourth-order valence-corrected chi connectivity index (χ4v) is 5.75. The molecule has 8 heteroatoms. The monoisotopic (exact) mass is 533 g/mol. The molecule has 0 aliphatic carbocycles. The molecule has 200 valence electrons. The van der Waals surface area contributed by atoms with E-state index in [0.29, 0.717) is 50.9 Å². The lowest BCUT2D eigenvalue weighted by molar-refractivity contribution is -0.134. The molecule has 0 bridgehead atoms. The van der Waals surface area contributed by atoms with Crippen LogP contribution < -0.4 is 4.74 Å². The van der Waals surface area contributed by atoms with E-state index in [9.17, 15) is 9.59 Å². The Morgan fingerprint density at radius 1 is 1.11 bits per heavy atom. The molecule has 2 amide bonds. The van der Waals surface area contributed by atoms with E-state index in [4.69, 9.17) is 9.47 Å². The minimum Gasteiger partial charge on any atom is -0.486 e. The predicted octanol–water partition coefficient (Wildman–Crippen LogP) is 5.02. The molecule has 3 heterocycles. The minimum atomic E-state index is -0.147. The molecule has 0 radical (unpaired) electrons. The smallest absolute Gasteiger partial charge is 0.273 e. The van der Waals surface area contributed by atoms with Gasteiger partial charge < -0.3 is 19.3 Å². The highest BCUT2D eigenvalue weighted by molar-refractivity contribution is 7.09. The second-order valence-electron chi connectivity index (χ2n) is 10.4. The number of hydrogen-bond acceptors (Lipinski definition) is 6. The summed E-state index contributed by atoms with van der Waals surface area (Å²) in [6.07, 6.45) is 1.35. The first-order valence-electron chi connectivity index (χ1n) is 13.3. The van der Waals surface area contributed by atoms with Crippen LogP contribution in [0.1, 0.15) is 64.1 Å². The van der Waals surface area contributed by atoms with Gasteiger partial charge in [0.2, 0.25) is 5.91 Å². The maximum atomic E-state index is 13.3. The van der Waals surface area contributed by atoms with Crippen LogP contribution >= 0.6 is 11.3 Å². The van der Waals surface area contributed by atoms with Crippen molar-refractivity contribution in [3.05, 3.63) is 80.8 Å². The number of aromatic nitrogens is 1. The van der Waals surface area contributed by atoms with Gasteiger partial charge in [0, 0.05) is 31.4 Å². The maximum absolute atomic E-state index is 13.3. The summed E-state index contributed by atoms with van der Waals surface area (Å²) in [6.45, 7) is 9.54. The van der Waals surface area contributed by atoms with Crippen LogP contribution in [0.25, 0.3) is 0 Å². The van der Waals surface area contributed by atoms with E-state index in [1.165, 1.54) is 22.5 Å². The Labute approximate surface area is 228 Å². The Hall–Kier alpha value is -3.23. The van der Waals surface area contributed by atoms with Crippen LogP contribution in [-0.2, 0) is 22.6 Å². The molecule has 0 N–H and O–H groups in total. The van der Waals surface area contributed by atoms with Crippen molar-refractivity contribution in [2.24, 2.45) is 5.92 Å². The van der Waals surface area contributed by atoms with E-state index < -0.39 is 0 Å². The molecule has 7 nitrogen and oxygen atoms in total. The molecule has 5 rings (SSSR count). The van der Waals surface area contributed by atoms with Crippen LogP contribution in [0.4, 0.5) is 0 Å². The quantitative estimate of drug-likeness (QED) is 0.426. The number of hydrogen-bond donors (Lipinski definition) is 0. The minimum absolute atomic E-state index is 0.0586. The molecular formula is C30H35N3O4S. The number of fused-ring (bicyclic) bond motifs is 1. The molecule has 2 aromatic carbocycles. The van der Waals surface area contributed by atoms with Gasteiger partial charge in [-0.25, -0.2) is 4.98 Å². The second kappa shape index (κ2) is 11.7. The maximum Gasteiger partial charge on any atom is 0.273 e. The highest BCUT2D eigenvalue weighted by Crippen LogP contribution is 2.38. The zero-order chi connectivity index (χ0) is 26.6. The lowest BCUT2D eigenvalue weighted by atomic mass is 9.87. The highest BCUT2D eigenvalue weighted by atomic mass is 32.1. The number of ether oxygens (including phenoxy) is 2. The number of aryl methyl sites for hydroxylation is 1. The molecule has 2 aliphatic rings. The number of carbonyl (C=O) groups excluding carboxylic acids is 2. The van der Waals surface area contributed by atoms with E-state index in [0.717, 1.165) is 28.3 Å². The molecule has 0 spiro atoms. The summed E-state index contributed by atoms with van der Waals surface area (Å²) in [7, 11) is 0. The Balaban J connectivity index is 1.35. The van der Waals surface area contributed by atoms with Crippen LogP contribution in [0.15, 0.2) is 47.8 Å². The molecule has 1 atom stereocenters. The SMILES string of the molecule is Cc1ccc([C@@H]2c3cc(OCc4nc(C(=O)N5CCOCC5)cs4)ccc3CCN2C(=O)CC(C)C)cc1. The van der Waals surface area contributed by atoms with Gasteiger partial charge in [0.1, 0.15) is 23.1 Å². The Kier molecular flexibility index (Phi) is 8.09. The Bertz CT molecular complexity index is 1280. The van der Waals surface area contributed by atoms with Gasteiger partial charge in [-0.05, 0) is 48.1 Å². The predicted molar refractivity (Wildman–Crippen MR) is 148 cm³/mol. The number of nitrogens with zero attached hydrogens (tertiary/aromatic N) is 3. The number of benzene rings is 2. The molecule has 38 heavy (non-hydrogen) atoms. The number of thiazole rings is 1. The second-order valence-corrected chi connectivity index (χ2v) is 11.4. The third-order valence-electron chi connectivity index (χ3n) is 7.07. The van der Waals surface area contributed by atoms with Crippen LogP contribution in [-0.4, -0.2) is 59.4 Å². The van der Waals surface area contributed by atoms with Gasteiger partial charge >= 0.3 is 0 Å². The largest absolute Gasteiger partial charge is 0.486 e. The standard InChI is InChI=1S/C30H35N3O4S/c1-20(2)16-28(34)33-11-10-22-8-9-24(17-25(22)29(33)23-6-4-21(3)5-7-23)37-18-27-31-26(19-38-27)30(35)32-12-14-36-15-13-32/h4-9,17,19-20,29H,10-16,18H2,1-3H3/t29-/m1/s1. The van der Waals surface area contributed by atoms with Gasteiger partial charge in [0.15, 0.2) is 0 Å². The molecular weight excluding hydrogens is 498 g/mol. The summed E-state index contributed by atoms with van der Waals surface area (Å²) in [4.78, 5) is 34.4.